The molecule has 0 radical (unpaired) electrons. The van der Waals surface area contributed by atoms with Gasteiger partial charge in [0.25, 0.3) is 0 Å². The monoisotopic (exact) mass is 296 g/mol. The van der Waals surface area contributed by atoms with Crippen LogP contribution in [0.4, 0.5) is 0 Å². The smallest absolute Gasteiger partial charge is 0.182 e. The molecule has 0 amide bonds. The molecule has 4 heteroatoms. The van der Waals surface area contributed by atoms with Gasteiger partial charge in [-0.25, -0.2) is 0 Å². The minimum atomic E-state index is -0.463. The number of carbonyl (C=O) groups is 1. The third kappa shape index (κ3) is 2.53. The first-order valence-corrected chi connectivity index (χ1v) is 7.74. The van der Waals surface area contributed by atoms with E-state index in [0.717, 1.165) is 23.5 Å². The molecule has 0 bridgehead atoms. The molecular formula is C16H25ClN2O. The van der Waals surface area contributed by atoms with Crippen molar-refractivity contribution in [2.45, 2.75) is 57.5 Å². The van der Waals surface area contributed by atoms with Crippen molar-refractivity contribution in [2.75, 3.05) is 14.1 Å². The third-order valence-corrected chi connectivity index (χ3v) is 5.08. The van der Waals surface area contributed by atoms with Gasteiger partial charge in [-0.2, -0.15) is 0 Å². The number of ketones is 1. The topological polar surface area (TPSA) is 25.2 Å². The van der Waals surface area contributed by atoms with Crippen molar-refractivity contribution in [3.05, 3.63) is 23.0 Å². The highest BCUT2D eigenvalue weighted by molar-refractivity contribution is 6.33. The quantitative estimate of drug-likeness (QED) is 0.615. The Morgan fingerprint density at radius 2 is 2.05 bits per heavy atom. The number of nitrogens with zero attached hydrogens (tertiary/aromatic N) is 2. The number of aromatic nitrogens is 1. The van der Waals surface area contributed by atoms with Gasteiger partial charge in [-0.05, 0) is 60.2 Å². The van der Waals surface area contributed by atoms with Crippen LogP contribution < -0.4 is 0 Å². The Morgan fingerprint density at radius 3 is 2.45 bits per heavy atom. The SMILES string of the molecule is Cc1cc(C(=O)C(C)Cl)c(C)n1CC1(N(C)C)CCC1. The summed E-state index contributed by atoms with van der Waals surface area (Å²) in [4.78, 5) is 14.5. The fourth-order valence-electron chi connectivity index (χ4n) is 3.13. The van der Waals surface area contributed by atoms with Crippen molar-refractivity contribution in [1.29, 1.82) is 0 Å². The molecule has 1 saturated carbocycles. The van der Waals surface area contributed by atoms with E-state index in [4.69, 9.17) is 11.6 Å². The van der Waals surface area contributed by atoms with Gasteiger partial charge in [-0.15, -0.1) is 11.6 Å². The lowest BCUT2D eigenvalue weighted by molar-refractivity contribution is 0.0414. The fraction of sp³-hybridized carbons (Fsp3) is 0.688. The maximum Gasteiger partial charge on any atom is 0.182 e. The van der Waals surface area contributed by atoms with Crippen LogP contribution >= 0.6 is 11.6 Å². The highest BCUT2D eigenvalue weighted by atomic mass is 35.5. The predicted molar refractivity (Wildman–Crippen MR) is 83.8 cm³/mol. The maximum atomic E-state index is 12.2. The van der Waals surface area contributed by atoms with Crippen LogP contribution in [0.5, 0.6) is 0 Å². The van der Waals surface area contributed by atoms with Gasteiger partial charge in [0.05, 0.1) is 5.38 Å². The van der Waals surface area contributed by atoms with Crippen LogP contribution in [-0.2, 0) is 6.54 Å². The van der Waals surface area contributed by atoms with Crippen molar-refractivity contribution >= 4 is 17.4 Å². The second-order valence-corrected chi connectivity index (χ2v) is 6.98. The molecule has 3 nitrogen and oxygen atoms in total. The lowest BCUT2D eigenvalue weighted by Gasteiger charge is -2.48. The zero-order valence-electron chi connectivity index (χ0n) is 13.2. The number of likely N-dealkylation sites (N-methyl/N-ethyl adjacent to an activating group) is 1. The molecule has 0 N–H and O–H groups in total. The molecule has 1 aromatic rings. The molecule has 1 heterocycles. The number of rotatable bonds is 5. The molecule has 0 aromatic carbocycles. The van der Waals surface area contributed by atoms with E-state index in [9.17, 15) is 4.79 Å². The van der Waals surface area contributed by atoms with Crippen LogP contribution in [0, 0.1) is 13.8 Å². The fourth-order valence-corrected chi connectivity index (χ4v) is 3.25. The molecule has 1 aliphatic rings. The Labute approximate surface area is 126 Å². The molecule has 1 fully saturated rings. The largest absolute Gasteiger partial charge is 0.347 e. The van der Waals surface area contributed by atoms with Crippen molar-refractivity contribution in [3.63, 3.8) is 0 Å². The summed E-state index contributed by atoms with van der Waals surface area (Å²) in [7, 11) is 4.31. The molecule has 1 unspecified atom stereocenters. The van der Waals surface area contributed by atoms with Crippen molar-refractivity contribution in [1.82, 2.24) is 9.47 Å². The van der Waals surface area contributed by atoms with E-state index < -0.39 is 5.38 Å². The summed E-state index contributed by atoms with van der Waals surface area (Å²) in [5.74, 6) is 0.0264. The normalized spacial score (nSPS) is 18.9. The standard InChI is InChI=1S/C16H25ClN2O/c1-11-9-14(15(20)12(2)17)13(3)19(11)10-16(18(4)5)7-6-8-16/h9,12H,6-8,10H2,1-5H3. The number of alkyl halides is 1. The summed E-state index contributed by atoms with van der Waals surface area (Å²) in [5.41, 5.74) is 3.23. The number of hydrogen-bond acceptors (Lipinski definition) is 2. The number of hydrogen-bond donors (Lipinski definition) is 0. The number of carbonyl (C=O) groups excluding carboxylic acids is 1. The lowest BCUT2D eigenvalue weighted by atomic mass is 9.75. The van der Waals surface area contributed by atoms with Gasteiger partial charge in [-0.1, -0.05) is 0 Å². The third-order valence-electron chi connectivity index (χ3n) is 4.89. The average Bonchev–Trinajstić information content (AvgIpc) is 2.58. The molecule has 2 rings (SSSR count). The van der Waals surface area contributed by atoms with Crippen molar-refractivity contribution in [3.8, 4) is 0 Å². The van der Waals surface area contributed by atoms with Crippen LogP contribution in [0.2, 0.25) is 0 Å². The molecule has 1 atom stereocenters. The summed E-state index contributed by atoms with van der Waals surface area (Å²) in [6, 6.07) is 1.98. The Balaban J connectivity index is 2.32. The molecule has 112 valence electrons. The van der Waals surface area contributed by atoms with Gasteiger partial charge in [-0.3, -0.25) is 4.79 Å². The number of Topliss-reactive ketones (excluding diaryl/α,β-unsaturated/α-hetero) is 1. The average molecular weight is 297 g/mol. The van der Waals surface area contributed by atoms with E-state index in [1.54, 1.807) is 6.92 Å². The summed E-state index contributed by atoms with van der Waals surface area (Å²) in [5, 5.41) is -0.463. The summed E-state index contributed by atoms with van der Waals surface area (Å²) < 4.78 is 2.28. The lowest BCUT2D eigenvalue weighted by Crippen LogP contribution is -2.53. The molecule has 1 aromatic heterocycles. The number of aryl methyl sites for hydroxylation is 1. The highest BCUT2D eigenvalue weighted by Gasteiger charge is 2.40. The molecule has 0 saturated heterocycles. The van der Waals surface area contributed by atoms with E-state index in [1.807, 2.05) is 13.0 Å². The van der Waals surface area contributed by atoms with E-state index >= 15 is 0 Å². The second kappa shape index (κ2) is 5.53. The maximum absolute atomic E-state index is 12.2. The van der Waals surface area contributed by atoms with Gasteiger partial charge in [0.2, 0.25) is 0 Å². The first-order valence-electron chi connectivity index (χ1n) is 7.31. The summed E-state index contributed by atoms with van der Waals surface area (Å²) in [6.07, 6.45) is 3.75. The van der Waals surface area contributed by atoms with E-state index in [0.29, 0.717) is 0 Å². The van der Waals surface area contributed by atoms with Gasteiger partial charge >= 0.3 is 0 Å². The zero-order valence-corrected chi connectivity index (χ0v) is 13.9. The van der Waals surface area contributed by atoms with Gasteiger partial charge in [0.1, 0.15) is 0 Å². The second-order valence-electron chi connectivity index (χ2n) is 6.32. The van der Waals surface area contributed by atoms with Crippen LogP contribution in [-0.4, -0.2) is 40.3 Å². The van der Waals surface area contributed by atoms with E-state index in [2.05, 4.69) is 30.5 Å². The molecular weight excluding hydrogens is 272 g/mol. The summed E-state index contributed by atoms with van der Waals surface area (Å²) in [6.45, 7) is 6.80. The van der Waals surface area contributed by atoms with Gasteiger partial charge < -0.3 is 9.47 Å². The van der Waals surface area contributed by atoms with Crippen LogP contribution in [0.15, 0.2) is 6.07 Å². The van der Waals surface area contributed by atoms with Crippen LogP contribution in [0.1, 0.15) is 47.9 Å². The zero-order chi connectivity index (χ0) is 15.1. The Hall–Kier alpha value is -0.800. The molecule has 1 aliphatic carbocycles. The van der Waals surface area contributed by atoms with E-state index in [-0.39, 0.29) is 11.3 Å². The van der Waals surface area contributed by atoms with Crippen molar-refractivity contribution < 1.29 is 4.79 Å². The Kier molecular flexibility index (Phi) is 4.31. The molecule has 20 heavy (non-hydrogen) atoms. The van der Waals surface area contributed by atoms with Gasteiger partial charge in [0.15, 0.2) is 5.78 Å². The highest BCUT2D eigenvalue weighted by Crippen LogP contribution is 2.38. The minimum absolute atomic E-state index is 0.0264. The Bertz CT molecular complexity index is 513. The van der Waals surface area contributed by atoms with E-state index in [1.165, 1.54) is 19.3 Å². The van der Waals surface area contributed by atoms with Crippen LogP contribution in [0.25, 0.3) is 0 Å². The first-order chi connectivity index (χ1) is 9.28. The molecule has 0 spiro atoms. The summed E-state index contributed by atoms with van der Waals surface area (Å²) >= 11 is 5.95. The first kappa shape index (κ1) is 15.6. The minimum Gasteiger partial charge on any atom is -0.347 e. The predicted octanol–water partition coefficient (Wildman–Crippen LogP) is 3.40. The van der Waals surface area contributed by atoms with Crippen LogP contribution in [0.3, 0.4) is 0 Å². The van der Waals surface area contributed by atoms with Gasteiger partial charge in [0, 0.05) is 29.0 Å². The molecule has 0 aliphatic heterocycles. The Morgan fingerprint density at radius 1 is 1.45 bits per heavy atom. The van der Waals surface area contributed by atoms with Crippen molar-refractivity contribution in [2.24, 2.45) is 0 Å². The number of halogens is 1.